The largest absolute Gasteiger partial charge is 0.509 e. The number of nitrogens with two attached hydrogens (primary N) is 2. The van der Waals surface area contributed by atoms with E-state index >= 15 is 0 Å². The Hall–Kier alpha value is -0.700. The van der Waals surface area contributed by atoms with E-state index < -0.39 is 0 Å². The van der Waals surface area contributed by atoms with Gasteiger partial charge in [0.25, 0.3) is 0 Å². The summed E-state index contributed by atoms with van der Waals surface area (Å²) in [6.45, 7) is 1.65. The van der Waals surface area contributed by atoms with Gasteiger partial charge in [-0.05, 0) is 6.92 Å². The lowest BCUT2D eigenvalue weighted by atomic mass is 10.3. The Bertz CT molecular complexity index is 77.8. The van der Waals surface area contributed by atoms with Crippen molar-refractivity contribution in [2.24, 2.45) is 11.5 Å². The summed E-state index contributed by atoms with van der Waals surface area (Å²) in [5, 5.41) is 8.55. The molecule has 5 N–H and O–H groups in total. The fourth-order valence-corrected chi connectivity index (χ4v) is 0.152. The van der Waals surface area contributed by atoms with Crippen LogP contribution < -0.4 is 11.5 Å². The highest BCUT2D eigenvalue weighted by molar-refractivity contribution is 4.94. The lowest BCUT2D eigenvalue weighted by molar-refractivity contribution is 0.373. The number of aliphatic hydroxyl groups excluding tert-OH is 1. The van der Waals surface area contributed by atoms with Crippen LogP contribution in [-0.4, -0.2) is 11.1 Å². The van der Waals surface area contributed by atoms with Gasteiger partial charge in [-0.25, -0.2) is 0 Å². The van der Waals surface area contributed by atoms with Gasteiger partial charge in [0.05, 0.1) is 6.04 Å². The molecule has 0 aromatic heterocycles. The molecule has 0 aliphatic rings. The fourth-order valence-electron chi connectivity index (χ4n) is 0.152. The summed E-state index contributed by atoms with van der Waals surface area (Å²) in [5.41, 5.74) is 10.0. The standard InChI is InChI=1S/C4H10N2O/c1-3(6)4(7)2-5/h2-3,7H,5-6H2,1H3/b4-2-. The van der Waals surface area contributed by atoms with Crippen LogP contribution >= 0.6 is 0 Å². The van der Waals surface area contributed by atoms with Crippen LogP contribution in [0.4, 0.5) is 0 Å². The normalized spacial score (nSPS) is 16.6. The third-order valence-electron chi connectivity index (χ3n) is 0.637. The maximum atomic E-state index is 8.55. The van der Waals surface area contributed by atoms with E-state index in [2.05, 4.69) is 0 Å². The van der Waals surface area contributed by atoms with Crippen LogP contribution in [0.3, 0.4) is 0 Å². The molecule has 0 amide bonds. The number of aliphatic hydroxyl groups is 1. The van der Waals surface area contributed by atoms with Crippen LogP contribution in [-0.2, 0) is 0 Å². The van der Waals surface area contributed by atoms with Gasteiger partial charge < -0.3 is 16.6 Å². The Morgan fingerprint density at radius 3 is 2.29 bits per heavy atom. The van der Waals surface area contributed by atoms with Crippen molar-refractivity contribution in [3.63, 3.8) is 0 Å². The lowest BCUT2D eigenvalue weighted by Crippen LogP contribution is -2.18. The molecule has 3 heteroatoms. The van der Waals surface area contributed by atoms with E-state index in [4.69, 9.17) is 16.6 Å². The summed E-state index contributed by atoms with van der Waals surface area (Å²) < 4.78 is 0. The van der Waals surface area contributed by atoms with E-state index in [9.17, 15) is 0 Å². The minimum absolute atomic E-state index is 0.0278. The third-order valence-corrected chi connectivity index (χ3v) is 0.637. The Labute approximate surface area is 42.6 Å². The summed E-state index contributed by atoms with van der Waals surface area (Å²) in [7, 11) is 0. The second kappa shape index (κ2) is 2.47. The van der Waals surface area contributed by atoms with Gasteiger partial charge in [0.2, 0.25) is 0 Å². The molecule has 0 saturated heterocycles. The highest BCUT2D eigenvalue weighted by Crippen LogP contribution is 1.87. The van der Waals surface area contributed by atoms with Gasteiger partial charge in [-0.1, -0.05) is 0 Å². The molecule has 3 nitrogen and oxygen atoms in total. The number of hydrogen-bond acceptors (Lipinski definition) is 3. The Balaban J connectivity index is 3.56. The zero-order chi connectivity index (χ0) is 5.86. The monoisotopic (exact) mass is 102 g/mol. The van der Waals surface area contributed by atoms with E-state index in [1.54, 1.807) is 6.92 Å². The van der Waals surface area contributed by atoms with Gasteiger partial charge in [-0.3, -0.25) is 0 Å². The molecule has 0 radical (unpaired) electrons. The van der Waals surface area contributed by atoms with E-state index in [0.29, 0.717) is 0 Å². The quantitative estimate of drug-likeness (QED) is 0.398. The van der Waals surface area contributed by atoms with Crippen molar-refractivity contribution >= 4 is 0 Å². The van der Waals surface area contributed by atoms with Crippen molar-refractivity contribution in [1.82, 2.24) is 0 Å². The zero-order valence-corrected chi connectivity index (χ0v) is 4.26. The summed E-state index contributed by atoms with van der Waals surface area (Å²) in [6, 6.07) is -0.343. The van der Waals surface area contributed by atoms with E-state index in [-0.39, 0.29) is 11.8 Å². The molecular weight excluding hydrogens is 92.1 g/mol. The molecule has 42 valence electrons. The van der Waals surface area contributed by atoms with E-state index in [0.717, 1.165) is 6.20 Å². The average molecular weight is 102 g/mol. The first-order valence-electron chi connectivity index (χ1n) is 2.04. The molecule has 0 aromatic rings. The van der Waals surface area contributed by atoms with Crippen molar-refractivity contribution in [1.29, 1.82) is 0 Å². The SMILES string of the molecule is CC(N)/C(O)=C/N. The van der Waals surface area contributed by atoms with Crippen LogP contribution in [0.2, 0.25) is 0 Å². The second-order valence-electron chi connectivity index (χ2n) is 1.38. The fraction of sp³-hybridized carbons (Fsp3) is 0.500. The maximum absolute atomic E-state index is 8.55. The minimum Gasteiger partial charge on any atom is -0.509 e. The maximum Gasteiger partial charge on any atom is 0.124 e. The Kier molecular flexibility index (Phi) is 2.22. The van der Waals surface area contributed by atoms with Crippen molar-refractivity contribution < 1.29 is 5.11 Å². The molecule has 7 heavy (non-hydrogen) atoms. The average Bonchev–Trinajstić information content (AvgIpc) is 1.65. The van der Waals surface area contributed by atoms with E-state index in [1.807, 2.05) is 0 Å². The molecule has 0 saturated carbocycles. The molecule has 0 aromatic carbocycles. The summed E-state index contributed by atoms with van der Waals surface area (Å²) in [6.07, 6.45) is 1.09. The predicted octanol–water partition coefficient (Wildman–Crippen LogP) is -0.308. The van der Waals surface area contributed by atoms with E-state index in [1.165, 1.54) is 0 Å². The Morgan fingerprint density at radius 2 is 2.29 bits per heavy atom. The summed E-state index contributed by atoms with van der Waals surface area (Å²) in [4.78, 5) is 0. The molecule has 0 aliphatic carbocycles. The highest BCUT2D eigenvalue weighted by Gasteiger charge is 1.94. The topological polar surface area (TPSA) is 72.3 Å². The van der Waals surface area contributed by atoms with Crippen LogP contribution in [0, 0.1) is 0 Å². The molecule has 0 rings (SSSR count). The van der Waals surface area contributed by atoms with Gasteiger partial charge in [-0.2, -0.15) is 0 Å². The minimum atomic E-state index is -0.343. The van der Waals surface area contributed by atoms with Crippen molar-refractivity contribution in [2.75, 3.05) is 0 Å². The summed E-state index contributed by atoms with van der Waals surface area (Å²) in [5.74, 6) is 0.0278. The second-order valence-corrected chi connectivity index (χ2v) is 1.38. The van der Waals surface area contributed by atoms with Crippen LogP contribution in [0.5, 0.6) is 0 Å². The zero-order valence-electron chi connectivity index (χ0n) is 4.26. The van der Waals surface area contributed by atoms with Crippen molar-refractivity contribution in [2.45, 2.75) is 13.0 Å². The highest BCUT2D eigenvalue weighted by atomic mass is 16.3. The first-order valence-corrected chi connectivity index (χ1v) is 2.04. The number of hydrogen-bond donors (Lipinski definition) is 3. The Morgan fingerprint density at radius 1 is 1.86 bits per heavy atom. The lowest BCUT2D eigenvalue weighted by Gasteiger charge is -1.99. The van der Waals surface area contributed by atoms with Crippen molar-refractivity contribution in [3.05, 3.63) is 12.0 Å². The third kappa shape index (κ3) is 2.05. The van der Waals surface area contributed by atoms with Gasteiger partial charge in [-0.15, -0.1) is 0 Å². The predicted molar refractivity (Wildman–Crippen MR) is 28.5 cm³/mol. The van der Waals surface area contributed by atoms with Gasteiger partial charge in [0.15, 0.2) is 0 Å². The van der Waals surface area contributed by atoms with Gasteiger partial charge >= 0.3 is 0 Å². The van der Waals surface area contributed by atoms with Gasteiger partial charge in [0, 0.05) is 6.20 Å². The molecule has 0 spiro atoms. The molecule has 0 fully saturated rings. The van der Waals surface area contributed by atoms with Gasteiger partial charge in [0.1, 0.15) is 5.76 Å². The molecular formula is C4H10N2O. The molecule has 0 heterocycles. The van der Waals surface area contributed by atoms with Crippen LogP contribution in [0.25, 0.3) is 0 Å². The molecule has 1 unspecified atom stereocenters. The smallest absolute Gasteiger partial charge is 0.124 e. The first kappa shape index (κ1) is 6.30. The molecule has 0 aliphatic heterocycles. The van der Waals surface area contributed by atoms with Crippen LogP contribution in [0.15, 0.2) is 12.0 Å². The molecule has 1 atom stereocenters. The first-order chi connectivity index (χ1) is 3.18. The van der Waals surface area contributed by atoms with Crippen LogP contribution in [0.1, 0.15) is 6.92 Å². The summed E-state index contributed by atoms with van der Waals surface area (Å²) >= 11 is 0. The number of rotatable bonds is 1. The molecule has 0 bridgehead atoms. The van der Waals surface area contributed by atoms with Crippen molar-refractivity contribution in [3.8, 4) is 0 Å².